The van der Waals surface area contributed by atoms with Crippen LogP contribution in [0, 0.1) is 11.8 Å². The monoisotopic (exact) mass is 326 g/mol. The normalized spacial score (nSPS) is 30.8. The molecule has 0 unspecified atom stereocenters. The van der Waals surface area contributed by atoms with Crippen molar-refractivity contribution < 1.29 is 19.8 Å². The first-order chi connectivity index (χ1) is 9.00. The van der Waals surface area contributed by atoms with Crippen LogP contribution in [0.1, 0.15) is 24.3 Å². The molecule has 2 rings (SSSR count). The second kappa shape index (κ2) is 5.74. The molecule has 4 atom stereocenters. The molecule has 1 fully saturated rings. The first-order valence-electron chi connectivity index (χ1n) is 6.15. The zero-order chi connectivity index (χ0) is 14.0. The van der Waals surface area contributed by atoms with Gasteiger partial charge in [-0.05, 0) is 24.3 Å². The lowest BCUT2D eigenvalue weighted by Gasteiger charge is -2.35. The molecule has 19 heavy (non-hydrogen) atoms. The quantitative estimate of drug-likeness (QED) is 0.837. The maximum atomic E-state index is 11.3. The Bertz CT molecular complexity index is 474. The highest BCUT2D eigenvalue weighted by molar-refractivity contribution is 9.09. The van der Waals surface area contributed by atoms with Gasteiger partial charge in [0.1, 0.15) is 0 Å². The summed E-state index contributed by atoms with van der Waals surface area (Å²) in [4.78, 5) is 22.4. The van der Waals surface area contributed by atoms with E-state index in [1.807, 2.05) is 30.3 Å². The Hall–Kier alpha value is -1.36. The predicted molar refractivity (Wildman–Crippen MR) is 73.4 cm³/mol. The molecule has 0 aromatic heterocycles. The van der Waals surface area contributed by atoms with Crippen LogP contribution in [0.3, 0.4) is 0 Å². The number of carboxylic acid groups (broad SMARTS) is 2. The van der Waals surface area contributed by atoms with Gasteiger partial charge < -0.3 is 10.2 Å². The van der Waals surface area contributed by atoms with Crippen LogP contribution in [0.25, 0.3) is 0 Å². The highest BCUT2D eigenvalue weighted by atomic mass is 79.9. The summed E-state index contributed by atoms with van der Waals surface area (Å²) in [5, 5.41) is 18.4. The molecule has 1 aromatic carbocycles. The van der Waals surface area contributed by atoms with Gasteiger partial charge in [0.15, 0.2) is 0 Å². The highest BCUT2D eigenvalue weighted by Crippen LogP contribution is 2.43. The van der Waals surface area contributed by atoms with Crippen LogP contribution >= 0.6 is 15.9 Å². The number of benzene rings is 1. The Balaban J connectivity index is 2.25. The fourth-order valence-electron chi connectivity index (χ4n) is 2.75. The minimum Gasteiger partial charge on any atom is -0.481 e. The number of aliphatic carboxylic acids is 2. The molecule has 1 aliphatic carbocycles. The fraction of sp³-hybridized carbons (Fsp3) is 0.429. The van der Waals surface area contributed by atoms with Crippen molar-refractivity contribution in [2.75, 3.05) is 0 Å². The van der Waals surface area contributed by atoms with E-state index in [0.29, 0.717) is 12.8 Å². The van der Waals surface area contributed by atoms with Gasteiger partial charge in [-0.15, -0.1) is 0 Å². The zero-order valence-corrected chi connectivity index (χ0v) is 11.8. The standard InChI is InChI=1S/C14H15BrO4/c15-12-7-11(14(18)19)10(13(16)17)6-9(12)8-4-2-1-3-5-8/h1-5,9-12H,6-7H2,(H,16,17)(H,18,19)/t9-,10+,11-,12+/m1/s1. The average molecular weight is 327 g/mol. The van der Waals surface area contributed by atoms with E-state index in [4.69, 9.17) is 5.11 Å². The van der Waals surface area contributed by atoms with Gasteiger partial charge in [-0.3, -0.25) is 9.59 Å². The predicted octanol–water partition coefficient (Wildman–Crippen LogP) is 2.73. The third-order valence-corrected chi connectivity index (χ3v) is 4.78. The molecule has 0 saturated heterocycles. The first-order valence-corrected chi connectivity index (χ1v) is 7.07. The van der Waals surface area contributed by atoms with E-state index in [1.54, 1.807) is 0 Å². The van der Waals surface area contributed by atoms with Crippen molar-refractivity contribution in [3.63, 3.8) is 0 Å². The van der Waals surface area contributed by atoms with Crippen molar-refractivity contribution in [3.05, 3.63) is 35.9 Å². The third-order valence-electron chi connectivity index (χ3n) is 3.77. The fourth-order valence-corrected chi connectivity index (χ4v) is 3.67. The van der Waals surface area contributed by atoms with E-state index in [1.165, 1.54) is 0 Å². The lowest BCUT2D eigenvalue weighted by atomic mass is 9.72. The molecule has 0 aliphatic heterocycles. The lowest BCUT2D eigenvalue weighted by Crippen LogP contribution is -2.39. The molecular weight excluding hydrogens is 312 g/mol. The summed E-state index contributed by atoms with van der Waals surface area (Å²) in [7, 11) is 0. The summed E-state index contributed by atoms with van der Waals surface area (Å²) in [5.41, 5.74) is 1.06. The van der Waals surface area contributed by atoms with Crippen LogP contribution in [0.5, 0.6) is 0 Å². The molecule has 0 heterocycles. The smallest absolute Gasteiger partial charge is 0.307 e. The topological polar surface area (TPSA) is 74.6 Å². The van der Waals surface area contributed by atoms with E-state index in [0.717, 1.165) is 5.56 Å². The third kappa shape index (κ3) is 2.97. The Labute approximate surface area is 119 Å². The Kier molecular flexibility index (Phi) is 4.24. The van der Waals surface area contributed by atoms with Crippen molar-refractivity contribution in [3.8, 4) is 0 Å². The van der Waals surface area contributed by atoms with Crippen LogP contribution in [0.4, 0.5) is 0 Å². The van der Waals surface area contributed by atoms with E-state index in [9.17, 15) is 14.7 Å². The maximum absolute atomic E-state index is 11.3. The summed E-state index contributed by atoms with van der Waals surface area (Å²) in [5.74, 6) is -3.65. The van der Waals surface area contributed by atoms with E-state index in [2.05, 4.69) is 15.9 Å². The SMILES string of the molecule is O=C(O)[C@H]1C[C@H](c2ccccc2)[C@@H](Br)C[C@H]1C(=O)O. The Morgan fingerprint density at radius 2 is 1.53 bits per heavy atom. The van der Waals surface area contributed by atoms with E-state index in [-0.39, 0.29) is 10.7 Å². The Morgan fingerprint density at radius 1 is 1.00 bits per heavy atom. The maximum Gasteiger partial charge on any atom is 0.307 e. The minimum atomic E-state index is -1.02. The number of carbonyl (C=O) groups is 2. The molecule has 2 N–H and O–H groups in total. The molecule has 1 aromatic rings. The average Bonchev–Trinajstić information content (AvgIpc) is 2.39. The van der Waals surface area contributed by atoms with Gasteiger partial charge in [0.05, 0.1) is 11.8 Å². The summed E-state index contributed by atoms with van der Waals surface area (Å²) in [6.07, 6.45) is 0.693. The molecule has 1 aliphatic rings. The van der Waals surface area contributed by atoms with Gasteiger partial charge in [-0.25, -0.2) is 0 Å². The molecule has 4 nitrogen and oxygen atoms in total. The van der Waals surface area contributed by atoms with E-state index < -0.39 is 23.8 Å². The molecule has 0 radical (unpaired) electrons. The molecule has 102 valence electrons. The molecule has 5 heteroatoms. The van der Waals surface area contributed by atoms with Gasteiger partial charge in [-0.1, -0.05) is 46.3 Å². The number of hydrogen-bond acceptors (Lipinski definition) is 2. The number of alkyl halides is 1. The first kappa shape index (κ1) is 14.1. The number of rotatable bonds is 3. The van der Waals surface area contributed by atoms with Crippen molar-refractivity contribution in [2.24, 2.45) is 11.8 Å². The highest BCUT2D eigenvalue weighted by Gasteiger charge is 2.43. The van der Waals surface area contributed by atoms with Gasteiger partial charge in [0.25, 0.3) is 0 Å². The molecule has 0 bridgehead atoms. The summed E-state index contributed by atoms with van der Waals surface area (Å²) < 4.78 is 0. The zero-order valence-electron chi connectivity index (χ0n) is 10.2. The van der Waals surface area contributed by atoms with Crippen LogP contribution in [-0.2, 0) is 9.59 Å². The van der Waals surface area contributed by atoms with Crippen LogP contribution in [0.15, 0.2) is 30.3 Å². The lowest BCUT2D eigenvalue weighted by molar-refractivity contribution is -0.155. The summed E-state index contributed by atoms with van der Waals surface area (Å²) in [6.45, 7) is 0. The second-order valence-corrected chi connectivity index (χ2v) is 6.07. The van der Waals surface area contributed by atoms with Gasteiger partial charge in [0.2, 0.25) is 0 Å². The van der Waals surface area contributed by atoms with Crippen molar-refractivity contribution >= 4 is 27.9 Å². The van der Waals surface area contributed by atoms with Crippen molar-refractivity contribution in [1.29, 1.82) is 0 Å². The summed E-state index contributed by atoms with van der Waals surface area (Å²) in [6, 6.07) is 9.64. The van der Waals surface area contributed by atoms with Crippen molar-refractivity contribution in [2.45, 2.75) is 23.6 Å². The van der Waals surface area contributed by atoms with E-state index >= 15 is 0 Å². The molecule has 0 spiro atoms. The van der Waals surface area contributed by atoms with Crippen LogP contribution in [-0.4, -0.2) is 27.0 Å². The number of halogens is 1. The number of carboxylic acids is 2. The van der Waals surface area contributed by atoms with Crippen molar-refractivity contribution in [1.82, 2.24) is 0 Å². The molecular formula is C14H15BrO4. The second-order valence-electron chi connectivity index (χ2n) is 4.89. The minimum absolute atomic E-state index is 0.00778. The number of hydrogen-bond donors (Lipinski definition) is 2. The Morgan fingerprint density at radius 3 is 2.05 bits per heavy atom. The molecule has 0 amide bonds. The largest absolute Gasteiger partial charge is 0.481 e. The van der Waals surface area contributed by atoms with Gasteiger partial charge in [0, 0.05) is 4.83 Å². The molecule has 1 saturated carbocycles. The summed E-state index contributed by atoms with van der Waals surface area (Å²) >= 11 is 3.52. The van der Waals surface area contributed by atoms with Crippen LogP contribution in [0.2, 0.25) is 0 Å². The van der Waals surface area contributed by atoms with Gasteiger partial charge >= 0.3 is 11.9 Å². The van der Waals surface area contributed by atoms with Gasteiger partial charge in [-0.2, -0.15) is 0 Å². The van der Waals surface area contributed by atoms with Crippen LogP contribution < -0.4 is 0 Å².